The normalized spacial score (nSPS) is 18.4. The molecule has 9 nitrogen and oxygen atoms in total. The molecule has 4 amide bonds. The summed E-state index contributed by atoms with van der Waals surface area (Å²) in [6.07, 6.45) is 3.96. The lowest BCUT2D eigenvalue weighted by molar-refractivity contribution is -0.143. The molecule has 0 aromatic heterocycles. The number of ether oxygens (including phenoxy) is 1. The fourth-order valence-corrected chi connectivity index (χ4v) is 6.11. The van der Waals surface area contributed by atoms with Crippen LogP contribution in [0.15, 0.2) is 30.3 Å². The van der Waals surface area contributed by atoms with Gasteiger partial charge in [0.2, 0.25) is 23.6 Å². The SMILES string of the molecule is CC[C@H](C)[C@@H]([C@@H](CC(=O)N1CCC[C@H]1C[C@@H](C)C(=O)N[C@H](C)Cc1ccccc1)OC)N(C)C(=O)CNC(=O)CC(C)C. The Morgan fingerprint density at radius 1 is 1.05 bits per heavy atom. The molecule has 1 saturated heterocycles. The van der Waals surface area contributed by atoms with Gasteiger partial charge in [0.1, 0.15) is 0 Å². The summed E-state index contributed by atoms with van der Waals surface area (Å²) >= 11 is 0. The zero-order valence-corrected chi connectivity index (χ0v) is 27.7. The van der Waals surface area contributed by atoms with E-state index in [1.54, 1.807) is 19.1 Å². The Labute approximate surface area is 259 Å². The number of nitrogens with one attached hydrogen (secondary N) is 2. The van der Waals surface area contributed by atoms with Gasteiger partial charge < -0.3 is 25.2 Å². The molecule has 1 aliphatic rings. The van der Waals surface area contributed by atoms with Crippen molar-refractivity contribution in [2.75, 3.05) is 27.2 Å². The zero-order valence-electron chi connectivity index (χ0n) is 27.7. The second-order valence-corrected chi connectivity index (χ2v) is 12.9. The molecule has 0 bridgehead atoms. The topological polar surface area (TPSA) is 108 Å². The Morgan fingerprint density at radius 2 is 1.72 bits per heavy atom. The quantitative estimate of drug-likeness (QED) is 0.279. The largest absolute Gasteiger partial charge is 0.379 e. The van der Waals surface area contributed by atoms with Crippen molar-refractivity contribution in [3.05, 3.63) is 35.9 Å². The van der Waals surface area contributed by atoms with Gasteiger partial charge >= 0.3 is 0 Å². The molecule has 1 heterocycles. The van der Waals surface area contributed by atoms with Crippen molar-refractivity contribution >= 4 is 23.6 Å². The zero-order chi connectivity index (χ0) is 32.1. The highest BCUT2D eigenvalue weighted by Gasteiger charge is 2.37. The molecule has 1 aromatic rings. The van der Waals surface area contributed by atoms with Crippen molar-refractivity contribution in [1.82, 2.24) is 20.4 Å². The minimum Gasteiger partial charge on any atom is -0.379 e. The molecular weight excluding hydrogens is 544 g/mol. The molecular formula is C34H56N4O5. The molecule has 9 heteroatoms. The van der Waals surface area contributed by atoms with Gasteiger partial charge in [0.25, 0.3) is 0 Å². The van der Waals surface area contributed by atoms with E-state index in [0.717, 1.165) is 25.7 Å². The molecule has 6 atom stereocenters. The summed E-state index contributed by atoms with van der Waals surface area (Å²) in [6, 6.07) is 9.79. The van der Waals surface area contributed by atoms with Crippen LogP contribution in [-0.4, -0.2) is 84.9 Å². The third kappa shape index (κ3) is 11.6. The van der Waals surface area contributed by atoms with E-state index in [1.807, 2.05) is 50.8 Å². The summed E-state index contributed by atoms with van der Waals surface area (Å²) in [7, 11) is 3.31. The van der Waals surface area contributed by atoms with Crippen LogP contribution in [0.2, 0.25) is 0 Å². The maximum atomic E-state index is 13.7. The van der Waals surface area contributed by atoms with Crippen LogP contribution in [-0.2, 0) is 30.3 Å². The Kier molecular flexibility index (Phi) is 15.2. The van der Waals surface area contributed by atoms with Crippen LogP contribution in [0.3, 0.4) is 0 Å². The molecule has 0 radical (unpaired) electrons. The van der Waals surface area contributed by atoms with E-state index < -0.39 is 6.10 Å². The van der Waals surface area contributed by atoms with E-state index in [4.69, 9.17) is 4.74 Å². The van der Waals surface area contributed by atoms with Gasteiger partial charge in [0.05, 0.1) is 25.1 Å². The van der Waals surface area contributed by atoms with Crippen LogP contribution in [0.1, 0.15) is 85.6 Å². The Morgan fingerprint density at radius 3 is 2.33 bits per heavy atom. The molecule has 43 heavy (non-hydrogen) atoms. The van der Waals surface area contributed by atoms with Gasteiger partial charge in [-0.2, -0.15) is 0 Å². The summed E-state index contributed by atoms with van der Waals surface area (Å²) in [6.45, 7) is 12.5. The molecule has 0 unspecified atom stereocenters. The van der Waals surface area contributed by atoms with Gasteiger partial charge in [-0.3, -0.25) is 19.2 Å². The van der Waals surface area contributed by atoms with E-state index in [2.05, 4.69) is 36.6 Å². The maximum absolute atomic E-state index is 13.7. The molecule has 242 valence electrons. The van der Waals surface area contributed by atoms with E-state index in [1.165, 1.54) is 5.56 Å². The number of amides is 4. The Bertz CT molecular complexity index is 1030. The van der Waals surface area contributed by atoms with Gasteiger partial charge in [-0.1, -0.05) is 71.4 Å². The Hall–Kier alpha value is -2.94. The number of likely N-dealkylation sites (N-methyl/N-ethyl adjacent to an activating group) is 1. The molecule has 0 spiro atoms. The van der Waals surface area contributed by atoms with Gasteiger partial charge in [0, 0.05) is 45.1 Å². The molecule has 2 N–H and O–H groups in total. The fraction of sp³-hybridized carbons (Fsp3) is 0.706. The van der Waals surface area contributed by atoms with Crippen LogP contribution in [0, 0.1) is 17.8 Å². The summed E-state index contributed by atoms with van der Waals surface area (Å²) in [5.74, 6) is -0.305. The number of nitrogens with zero attached hydrogens (tertiary/aromatic N) is 2. The highest BCUT2D eigenvalue weighted by molar-refractivity contribution is 5.85. The fourth-order valence-electron chi connectivity index (χ4n) is 6.11. The van der Waals surface area contributed by atoms with Crippen molar-refractivity contribution in [3.63, 3.8) is 0 Å². The highest BCUT2D eigenvalue weighted by Crippen LogP contribution is 2.27. The maximum Gasteiger partial charge on any atom is 0.242 e. The molecule has 0 saturated carbocycles. The second kappa shape index (κ2) is 18.0. The van der Waals surface area contributed by atoms with Crippen LogP contribution in [0.5, 0.6) is 0 Å². The minimum atomic E-state index is -0.497. The third-order valence-electron chi connectivity index (χ3n) is 8.70. The number of methoxy groups -OCH3 is 1. The van der Waals surface area contributed by atoms with E-state index in [-0.39, 0.29) is 72.5 Å². The van der Waals surface area contributed by atoms with Gasteiger partial charge in [-0.25, -0.2) is 0 Å². The predicted octanol–water partition coefficient (Wildman–Crippen LogP) is 4.19. The lowest BCUT2D eigenvalue weighted by Crippen LogP contribution is -2.53. The Balaban J connectivity index is 2.00. The number of rotatable bonds is 17. The molecule has 1 fully saturated rings. The van der Waals surface area contributed by atoms with Gasteiger partial charge in [-0.15, -0.1) is 0 Å². The number of carbonyl (C=O) groups excluding carboxylic acids is 4. The molecule has 2 rings (SSSR count). The van der Waals surface area contributed by atoms with Crippen molar-refractivity contribution in [2.24, 2.45) is 17.8 Å². The molecule has 1 aliphatic heterocycles. The van der Waals surface area contributed by atoms with Crippen molar-refractivity contribution in [2.45, 2.75) is 111 Å². The first kappa shape index (κ1) is 36.3. The molecule has 0 aliphatic carbocycles. The monoisotopic (exact) mass is 600 g/mol. The average molecular weight is 601 g/mol. The third-order valence-corrected chi connectivity index (χ3v) is 8.70. The van der Waals surface area contributed by atoms with Crippen LogP contribution in [0.4, 0.5) is 0 Å². The smallest absolute Gasteiger partial charge is 0.242 e. The predicted molar refractivity (Wildman–Crippen MR) is 170 cm³/mol. The van der Waals surface area contributed by atoms with E-state index in [0.29, 0.717) is 19.4 Å². The summed E-state index contributed by atoms with van der Waals surface area (Å²) < 4.78 is 5.87. The highest BCUT2D eigenvalue weighted by atomic mass is 16.5. The van der Waals surface area contributed by atoms with E-state index in [9.17, 15) is 19.2 Å². The average Bonchev–Trinajstić information content (AvgIpc) is 3.43. The van der Waals surface area contributed by atoms with Crippen LogP contribution < -0.4 is 10.6 Å². The summed E-state index contributed by atoms with van der Waals surface area (Å²) in [4.78, 5) is 55.4. The number of likely N-dealkylation sites (tertiary alicyclic amines) is 1. The van der Waals surface area contributed by atoms with Crippen molar-refractivity contribution < 1.29 is 23.9 Å². The lowest BCUT2D eigenvalue weighted by atomic mass is 9.90. The van der Waals surface area contributed by atoms with Gasteiger partial charge in [0.15, 0.2) is 0 Å². The van der Waals surface area contributed by atoms with Crippen LogP contribution in [0.25, 0.3) is 0 Å². The first-order chi connectivity index (χ1) is 20.4. The lowest BCUT2D eigenvalue weighted by Gasteiger charge is -2.38. The number of carbonyl (C=O) groups is 4. The van der Waals surface area contributed by atoms with E-state index >= 15 is 0 Å². The standard InChI is InChI=1S/C34H56N4O5/c1-9-24(4)33(37(7)32(41)22-35-30(39)18-23(2)3)29(43-8)21-31(40)38-17-13-16-28(38)19-25(5)34(42)36-26(6)20-27-14-11-10-12-15-27/h10-12,14-15,23-26,28-29,33H,9,13,16-22H2,1-8H3,(H,35,39)(H,36,42)/t24-,25+,26+,28-,29+,33-/m0/s1. The number of hydrogen-bond donors (Lipinski definition) is 2. The van der Waals surface area contributed by atoms with Crippen molar-refractivity contribution in [1.29, 1.82) is 0 Å². The first-order valence-electron chi connectivity index (χ1n) is 16.1. The van der Waals surface area contributed by atoms with Crippen molar-refractivity contribution in [3.8, 4) is 0 Å². The minimum absolute atomic E-state index is 0.00670. The van der Waals surface area contributed by atoms with Gasteiger partial charge in [-0.05, 0) is 50.0 Å². The summed E-state index contributed by atoms with van der Waals surface area (Å²) in [5.41, 5.74) is 1.18. The van der Waals surface area contributed by atoms with Crippen LogP contribution >= 0.6 is 0 Å². The summed E-state index contributed by atoms with van der Waals surface area (Å²) in [5, 5.41) is 5.87. The first-order valence-corrected chi connectivity index (χ1v) is 16.1. The number of benzene rings is 1. The molecule has 1 aromatic carbocycles. The number of hydrogen-bond acceptors (Lipinski definition) is 5. The second-order valence-electron chi connectivity index (χ2n) is 12.9.